The molecule has 0 saturated heterocycles. The van der Waals surface area contributed by atoms with Crippen molar-refractivity contribution >= 4 is 52.3 Å². The van der Waals surface area contributed by atoms with Crippen molar-refractivity contribution in [2.75, 3.05) is 6.61 Å². The van der Waals surface area contributed by atoms with Gasteiger partial charge < -0.3 is 4.74 Å². The topological polar surface area (TPSA) is 79.5 Å². The smallest absolute Gasteiger partial charge is 0.276 e. The summed E-state index contributed by atoms with van der Waals surface area (Å²) in [6.45, 7) is -0.273. The second kappa shape index (κ2) is 9.22. The van der Waals surface area contributed by atoms with Crippen LogP contribution in [0.2, 0.25) is 10.0 Å². The quantitative estimate of drug-likeness (QED) is 0.545. The van der Waals surface area contributed by atoms with Crippen LogP contribution in [0.15, 0.2) is 48.5 Å². The summed E-state index contributed by atoms with van der Waals surface area (Å²) >= 11 is 16.6. The van der Waals surface area contributed by atoms with Crippen LogP contribution in [0.4, 0.5) is 0 Å². The van der Waals surface area contributed by atoms with Gasteiger partial charge in [0.1, 0.15) is 5.75 Å². The Morgan fingerprint density at radius 3 is 2.36 bits per heavy atom. The third kappa shape index (κ3) is 6.22. The van der Waals surface area contributed by atoms with Crippen molar-refractivity contribution < 1.29 is 14.3 Å². The minimum Gasteiger partial charge on any atom is -0.482 e. The number of para-hydroxylation sites is 1. The monoisotopic (exact) mass is 397 g/mol. The molecule has 0 spiro atoms. The number of hydrogen-bond acceptors (Lipinski definition) is 4. The summed E-state index contributed by atoms with van der Waals surface area (Å²) in [5.74, 6) is -0.545. The molecule has 2 rings (SSSR count). The van der Waals surface area contributed by atoms with Gasteiger partial charge in [-0.1, -0.05) is 35.3 Å². The molecule has 9 heteroatoms. The van der Waals surface area contributed by atoms with Crippen molar-refractivity contribution in [2.24, 2.45) is 0 Å². The Morgan fingerprint density at radius 1 is 1.00 bits per heavy atom. The van der Waals surface area contributed by atoms with Crippen molar-refractivity contribution in [1.29, 1.82) is 0 Å². The number of rotatable bonds is 4. The first-order valence-corrected chi connectivity index (χ1v) is 8.15. The van der Waals surface area contributed by atoms with E-state index in [4.69, 9.17) is 40.2 Å². The second-order valence-corrected chi connectivity index (χ2v) is 5.93. The Balaban J connectivity index is 1.74. The van der Waals surface area contributed by atoms with Crippen LogP contribution in [0.1, 0.15) is 10.4 Å². The lowest BCUT2D eigenvalue weighted by Crippen LogP contribution is -2.49. The number of hydrogen-bond donors (Lipinski definition) is 3. The molecule has 0 fully saturated rings. The highest BCUT2D eigenvalue weighted by Crippen LogP contribution is 2.22. The molecule has 0 atom stereocenters. The number of amides is 2. The number of carbonyl (C=O) groups is 2. The third-order valence-electron chi connectivity index (χ3n) is 2.84. The number of thiocarbonyl (C=S) groups is 1. The van der Waals surface area contributed by atoms with E-state index in [1.54, 1.807) is 48.5 Å². The highest BCUT2D eigenvalue weighted by atomic mass is 35.5. The van der Waals surface area contributed by atoms with Crippen molar-refractivity contribution in [3.8, 4) is 5.75 Å². The molecule has 6 nitrogen and oxygen atoms in total. The van der Waals surface area contributed by atoms with E-state index in [0.29, 0.717) is 21.4 Å². The average Bonchev–Trinajstić information content (AvgIpc) is 2.59. The molecule has 0 unspecified atom stereocenters. The first-order valence-electron chi connectivity index (χ1n) is 6.99. The van der Waals surface area contributed by atoms with Crippen molar-refractivity contribution in [3.05, 3.63) is 64.1 Å². The fourth-order valence-electron chi connectivity index (χ4n) is 1.68. The molecule has 0 radical (unpaired) electrons. The number of hydrazine groups is 1. The van der Waals surface area contributed by atoms with Gasteiger partial charge in [0.15, 0.2) is 11.7 Å². The van der Waals surface area contributed by atoms with Gasteiger partial charge >= 0.3 is 0 Å². The summed E-state index contributed by atoms with van der Waals surface area (Å²) in [7, 11) is 0. The Labute approximate surface area is 159 Å². The minimum absolute atomic E-state index is 0.0638. The van der Waals surface area contributed by atoms with Gasteiger partial charge in [-0.05, 0) is 48.6 Å². The van der Waals surface area contributed by atoms with E-state index < -0.39 is 11.8 Å². The molecule has 2 aromatic rings. The lowest BCUT2D eigenvalue weighted by atomic mass is 10.2. The average molecular weight is 398 g/mol. The predicted octanol–water partition coefficient (Wildman–Crippen LogP) is 2.71. The van der Waals surface area contributed by atoms with Gasteiger partial charge in [0.25, 0.3) is 11.8 Å². The molecule has 0 aliphatic carbocycles. The summed E-state index contributed by atoms with van der Waals surface area (Å²) in [6, 6.07) is 13.0. The molecule has 130 valence electrons. The standard InChI is InChI=1S/C16H13Cl2N3O3S/c17-11-7-5-10(6-8-11)15(23)19-16(25)21-20-14(22)9-24-13-4-2-1-3-12(13)18/h1-8H,9H2,(H,20,22)(H2,19,21,23,25). The number of nitrogens with one attached hydrogen (secondary N) is 3. The fourth-order valence-corrected chi connectivity index (χ4v) is 2.14. The molecular weight excluding hydrogens is 385 g/mol. The molecule has 0 aliphatic rings. The Kier molecular flexibility index (Phi) is 7.00. The summed E-state index contributed by atoms with van der Waals surface area (Å²) in [5.41, 5.74) is 5.09. The lowest BCUT2D eigenvalue weighted by Gasteiger charge is -2.12. The van der Waals surface area contributed by atoms with Crippen LogP contribution >= 0.6 is 35.4 Å². The maximum absolute atomic E-state index is 11.9. The SMILES string of the molecule is O=C(COc1ccccc1Cl)NNC(=S)NC(=O)c1ccc(Cl)cc1. The van der Waals surface area contributed by atoms with Gasteiger partial charge in [0.2, 0.25) is 0 Å². The number of ether oxygens (including phenoxy) is 1. The van der Waals surface area contributed by atoms with E-state index in [-0.39, 0.29) is 11.7 Å². The highest BCUT2D eigenvalue weighted by Gasteiger charge is 2.09. The van der Waals surface area contributed by atoms with Crippen LogP contribution in [0.5, 0.6) is 5.75 Å². The zero-order valence-corrected chi connectivity index (χ0v) is 15.0. The van der Waals surface area contributed by atoms with Gasteiger partial charge in [0, 0.05) is 10.6 Å². The van der Waals surface area contributed by atoms with Gasteiger partial charge in [-0.3, -0.25) is 25.8 Å². The first kappa shape index (κ1) is 19.0. The second-order valence-electron chi connectivity index (χ2n) is 4.68. The van der Waals surface area contributed by atoms with Crippen LogP contribution in [0.3, 0.4) is 0 Å². The molecule has 0 aliphatic heterocycles. The largest absolute Gasteiger partial charge is 0.482 e. The molecule has 0 saturated carbocycles. The maximum Gasteiger partial charge on any atom is 0.276 e. The molecule has 25 heavy (non-hydrogen) atoms. The minimum atomic E-state index is -0.497. The van der Waals surface area contributed by atoms with Gasteiger partial charge in [-0.2, -0.15) is 0 Å². The summed E-state index contributed by atoms with van der Waals surface area (Å²) < 4.78 is 5.27. The first-order chi connectivity index (χ1) is 12.0. The fraction of sp³-hybridized carbons (Fsp3) is 0.0625. The zero-order chi connectivity index (χ0) is 18.2. The maximum atomic E-state index is 11.9. The molecule has 2 aromatic carbocycles. The molecule has 2 amide bonds. The highest BCUT2D eigenvalue weighted by molar-refractivity contribution is 7.80. The number of carbonyl (C=O) groups excluding carboxylic acids is 2. The molecular formula is C16H13Cl2N3O3S. The number of halogens is 2. The van der Waals surface area contributed by atoms with Gasteiger partial charge in [-0.15, -0.1) is 0 Å². The normalized spacial score (nSPS) is 9.84. The van der Waals surface area contributed by atoms with Crippen molar-refractivity contribution in [2.45, 2.75) is 0 Å². The Hall–Kier alpha value is -2.35. The molecule has 0 bridgehead atoms. The lowest BCUT2D eigenvalue weighted by molar-refractivity contribution is -0.123. The summed E-state index contributed by atoms with van der Waals surface area (Å²) in [6.07, 6.45) is 0. The van der Waals surface area contributed by atoms with E-state index in [1.165, 1.54) is 0 Å². The third-order valence-corrected chi connectivity index (χ3v) is 3.61. The van der Waals surface area contributed by atoms with E-state index in [2.05, 4.69) is 16.2 Å². The van der Waals surface area contributed by atoms with E-state index in [9.17, 15) is 9.59 Å². The molecule has 0 aromatic heterocycles. The van der Waals surface area contributed by atoms with E-state index in [1.807, 2.05) is 0 Å². The van der Waals surface area contributed by atoms with Crippen LogP contribution in [-0.4, -0.2) is 23.5 Å². The van der Waals surface area contributed by atoms with Crippen LogP contribution in [-0.2, 0) is 4.79 Å². The van der Waals surface area contributed by atoms with Gasteiger partial charge in [0.05, 0.1) is 5.02 Å². The van der Waals surface area contributed by atoms with Gasteiger partial charge in [-0.25, -0.2) is 0 Å². The molecule has 3 N–H and O–H groups in total. The van der Waals surface area contributed by atoms with Crippen molar-refractivity contribution in [1.82, 2.24) is 16.2 Å². The molecule has 0 heterocycles. The Morgan fingerprint density at radius 2 is 1.68 bits per heavy atom. The van der Waals surface area contributed by atoms with E-state index in [0.717, 1.165) is 0 Å². The van der Waals surface area contributed by atoms with Crippen LogP contribution in [0, 0.1) is 0 Å². The Bertz CT molecular complexity index is 784. The van der Waals surface area contributed by atoms with E-state index >= 15 is 0 Å². The number of benzene rings is 2. The predicted molar refractivity (Wildman–Crippen MR) is 99.7 cm³/mol. The van der Waals surface area contributed by atoms with Crippen LogP contribution in [0.25, 0.3) is 0 Å². The van der Waals surface area contributed by atoms with Crippen molar-refractivity contribution in [3.63, 3.8) is 0 Å². The van der Waals surface area contributed by atoms with Crippen LogP contribution < -0.4 is 20.9 Å². The summed E-state index contributed by atoms with van der Waals surface area (Å²) in [5, 5.41) is 3.27. The summed E-state index contributed by atoms with van der Waals surface area (Å²) in [4.78, 5) is 23.6. The zero-order valence-electron chi connectivity index (χ0n) is 12.7.